The molecule has 5 heteroatoms. The van der Waals surface area contributed by atoms with Gasteiger partial charge in [0.25, 0.3) is 0 Å². The summed E-state index contributed by atoms with van der Waals surface area (Å²) in [6.45, 7) is 1.94. The fourth-order valence-corrected chi connectivity index (χ4v) is 3.21. The number of amides is 1. The van der Waals surface area contributed by atoms with Gasteiger partial charge in [0.1, 0.15) is 0 Å². The molecule has 18 heavy (non-hydrogen) atoms. The monoisotopic (exact) mass is 275 g/mol. The van der Waals surface area contributed by atoms with Crippen LogP contribution in [-0.4, -0.2) is 55.0 Å². The number of carbonyl (C=O) groups is 1. The standard InChI is InChI=1S/C13H25N3O.ClH/c1-15(2)9-12-4-3-7-16(12)13(17)10-5-6-11(14)8-10;/h10-12H,3-9,14H2,1-2H3;1H. The van der Waals surface area contributed by atoms with E-state index in [1.807, 2.05) is 0 Å². The van der Waals surface area contributed by atoms with Crippen molar-refractivity contribution in [2.24, 2.45) is 11.7 Å². The Balaban J connectivity index is 0.00000162. The molecule has 2 fully saturated rings. The number of likely N-dealkylation sites (N-methyl/N-ethyl adjacent to an activating group) is 1. The van der Waals surface area contributed by atoms with Gasteiger partial charge in [-0.05, 0) is 46.2 Å². The van der Waals surface area contributed by atoms with Crippen LogP contribution in [0.2, 0.25) is 0 Å². The molecule has 1 aliphatic carbocycles. The summed E-state index contributed by atoms with van der Waals surface area (Å²) in [7, 11) is 4.15. The van der Waals surface area contributed by atoms with Gasteiger partial charge in [-0.3, -0.25) is 4.79 Å². The van der Waals surface area contributed by atoms with Gasteiger partial charge < -0.3 is 15.5 Å². The summed E-state index contributed by atoms with van der Waals surface area (Å²) in [5.74, 6) is 0.565. The van der Waals surface area contributed by atoms with Gasteiger partial charge in [0.05, 0.1) is 0 Å². The van der Waals surface area contributed by atoms with E-state index in [-0.39, 0.29) is 24.4 Å². The first-order chi connectivity index (χ1) is 8.08. The molecule has 3 atom stereocenters. The van der Waals surface area contributed by atoms with Crippen LogP contribution < -0.4 is 5.73 Å². The Morgan fingerprint density at radius 3 is 2.61 bits per heavy atom. The SMILES string of the molecule is CN(C)CC1CCCN1C(=O)C1CCC(N)C1.Cl. The Bertz CT molecular complexity index is 285. The molecular weight excluding hydrogens is 250 g/mol. The van der Waals surface area contributed by atoms with E-state index in [0.29, 0.717) is 11.9 Å². The van der Waals surface area contributed by atoms with Crippen molar-refractivity contribution in [2.75, 3.05) is 27.2 Å². The molecule has 1 heterocycles. The second-order valence-electron chi connectivity index (χ2n) is 5.86. The van der Waals surface area contributed by atoms with Gasteiger partial charge in [-0.15, -0.1) is 12.4 Å². The van der Waals surface area contributed by atoms with E-state index in [4.69, 9.17) is 5.73 Å². The molecule has 0 aromatic carbocycles. The molecule has 1 aliphatic heterocycles. The third-order valence-corrected chi connectivity index (χ3v) is 4.06. The van der Waals surface area contributed by atoms with Gasteiger partial charge in [-0.25, -0.2) is 0 Å². The first-order valence-electron chi connectivity index (χ1n) is 6.78. The van der Waals surface area contributed by atoms with Crippen LogP contribution >= 0.6 is 12.4 Å². The second-order valence-corrected chi connectivity index (χ2v) is 5.86. The first kappa shape index (κ1) is 15.7. The molecule has 0 aromatic heterocycles. The van der Waals surface area contributed by atoms with Crippen molar-refractivity contribution in [1.82, 2.24) is 9.80 Å². The minimum atomic E-state index is 0. The highest BCUT2D eigenvalue weighted by Crippen LogP contribution is 2.29. The van der Waals surface area contributed by atoms with Gasteiger partial charge in [-0.1, -0.05) is 0 Å². The van der Waals surface area contributed by atoms with Crippen molar-refractivity contribution in [3.8, 4) is 0 Å². The molecule has 106 valence electrons. The summed E-state index contributed by atoms with van der Waals surface area (Å²) < 4.78 is 0. The maximum atomic E-state index is 12.4. The van der Waals surface area contributed by atoms with E-state index < -0.39 is 0 Å². The highest BCUT2D eigenvalue weighted by atomic mass is 35.5. The lowest BCUT2D eigenvalue weighted by atomic mass is 10.1. The van der Waals surface area contributed by atoms with Gasteiger partial charge in [0.2, 0.25) is 5.91 Å². The average Bonchev–Trinajstić information content (AvgIpc) is 2.85. The Morgan fingerprint density at radius 2 is 2.06 bits per heavy atom. The van der Waals surface area contributed by atoms with E-state index >= 15 is 0 Å². The third kappa shape index (κ3) is 3.59. The van der Waals surface area contributed by atoms with Gasteiger partial charge in [-0.2, -0.15) is 0 Å². The lowest BCUT2D eigenvalue weighted by Gasteiger charge is -2.29. The second kappa shape index (κ2) is 6.73. The Kier molecular flexibility index (Phi) is 5.89. The molecule has 3 unspecified atom stereocenters. The first-order valence-corrected chi connectivity index (χ1v) is 6.78. The van der Waals surface area contributed by atoms with Crippen molar-refractivity contribution in [1.29, 1.82) is 0 Å². The molecular formula is C13H26ClN3O. The number of carbonyl (C=O) groups excluding carboxylic acids is 1. The van der Waals surface area contributed by atoms with Gasteiger partial charge in [0, 0.05) is 31.1 Å². The number of nitrogens with zero attached hydrogens (tertiary/aromatic N) is 2. The molecule has 2 rings (SSSR count). The molecule has 0 bridgehead atoms. The minimum Gasteiger partial charge on any atom is -0.338 e. The quantitative estimate of drug-likeness (QED) is 0.839. The van der Waals surface area contributed by atoms with Gasteiger partial charge >= 0.3 is 0 Å². The van der Waals surface area contributed by atoms with Crippen molar-refractivity contribution in [3.05, 3.63) is 0 Å². The summed E-state index contributed by atoms with van der Waals surface area (Å²) in [5.41, 5.74) is 5.90. The van der Waals surface area contributed by atoms with E-state index in [0.717, 1.165) is 45.2 Å². The lowest BCUT2D eigenvalue weighted by molar-refractivity contribution is -0.136. The zero-order valence-corrected chi connectivity index (χ0v) is 12.3. The number of hydrogen-bond acceptors (Lipinski definition) is 3. The van der Waals surface area contributed by atoms with Crippen molar-refractivity contribution >= 4 is 18.3 Å². The normalized spacial score (nSPS) is 31.8. The lowest BCUT2D eigenvalue weighted by Crippen LogP contribution is -2.43. The topological polar surface area (TPSA) is 49.6 Å². The fourth-order valence-electron chi connectivity index (χ4n) is 3.21. The van der Waals surface area contributed by atoms with Crippen LogP contribution in [0.15, 0.2) is 0 Å². The zero-order chi connectivity index (χ0) is 12.4. The van der Waals surface area contributed by atoms with Crippen LogP contribution in [0, 0.1) is 5.92 Å². The number of rotatable bonds is 3. The molecule has 2 aliphatic rings. The van der Waals surface area contributed by atoms with Crippen LogP contribution in [0.5, 0.6) is 0 Å². The smallest absolute Gasteiger partial charge is 0.226 e. The molecule has 0 spiro atoms. The highest BCUT2D eigenvalue weighted by molar-refractivity contribution is 5.85. The van der Waals surface area contributed by atoms with E-state index in [9.17, 15) is 4.79 Å². The summed E-state index contributed by atoms with van der Waals surface area (Å²) in [6, 6.07) is 0.674. The summed E-state index contributed by atoms with van der Waals surface area (Å²) >= 11 is 0. The average molecular weight is 276 g/mol. The maximum Gasteiger partial charge on any atom is 0.226 e. The van der Waals surface area contributed by atoms with Crippen molar-refractivity contribution in [2.45, 2.75) is 44.2 Å². The molecule has 1 saturated heterocycles. The molecule has 2 N–H and O–H groups in total. The van der Waals surface area contributed by atoms with Gasteiger partial charge in [0.15, 0.2) is 0 Å². The number of hydrogen-bond donors (Lipinski definition) is 1. The van der Waals surface area contributed by atoms with Crippen molar-refractivity contribution < 1.29 is 4.79 Å². The zero-order valence-electron chi connectivity index (χ0n) is 11.5. The summed E-state index contributed by atoms with van der Waals surface area (Å²) in [4.78, 5) is 16.7. The number of halogens is 1. The summed E-state index contributed by atoms with van der Waals surface area (Å²) in [6.07, 6.45) is 5.21. The molecule has 1 amide bonds. The van der Waals surface area contributed by atoms with Crippen LogP contribution in [-0.2, 0) is 4.79 Å². The molecule has 4 nitrogen and oxygen atoms in total. The van der Waals surface area contributed by atoms with E-state index in [1.54, 1.807) is 0 Å². The largest absolute Gasteiger partial charge is 0.338 e. The molecule has 1 saturated carbocycles. The highest BCUT2D eigenvalue weighted by Gasteiger charge is 2.36. The summed E-state index contributed by atoms with van der Waals surface area (Å²) in [5, 5.41) is 0. The van der Waals surface area contributed by atoms with Crippen LogP contribution in [0.3, 0.4) is 0 Å². The third-order valence-electron chi connectivity index (χ3n) is 4.06. The van der Waals surface area contributed by atoms with E-state index in [1.165, 1.54) is 0 Å². The Morgan fingerprint density at radius 1 is 1.33 bits per heavy atom. The van der Waals surface area contributed by atoms with Crippen LogP contribution in [0.4, 0.5) is 0 Å². The molecule has 0 radical (unpaired) electrons. The Labute approximate surface area is 116 Å². The predicted molar refractivity (Wildman–Crippen MR) is 75.9 cm³/mol. The maximum absolute atomic E-state index is 12.4. The minimum absolute atomic E-state index is 0. The van der Waals surface area contributed by atoms with Crippen LogP contribution in [0.1, 0.15) is 32.1 Å². The fraction of sp³-hybridized carbons (Fsp3) is 0.923. The van der Waals surface area contributed by atoms with Crippen molar-refractivity contribution in [3.63, 3.8) is 0 Å². The van der Waals surface area contributed by atoms with Crippen LogP contribution in [0.25, 0.3) is 0 Å². The number of nitrogens with two attached hydrogens (primary N) is 1. The predicted octanol–water partition coefficient (Wildman–Crippen LogP) is 1.09. The van der Waals surface area contributed by atoms with E-state index in [2.05, 4.69) is 23.9 Å². The Hall–Kier alpha value is -0.320. The number of likely N-dealkylation sites (tertiary alicyclic amines) is 1. The molecule has 0 aromatic rings.